The number of hydrogen-bond acceptors (Lipinski definition) is 5. The molecule has 0 spiro atoms. The van der Waals surface area contributed by atoms with E-state index in [2.05, 4.69) is 17.4 Å². The van der Waals surface area contributed by atoms with Crippen LogP contribution in [-0.2, 0) is 16.0 Å². The van der Waals surface area contributed by atoms with Crippen LogP contribution in [0.15, 0.2) is 94.9 Å². The molecule has 2 atom stereocenters. The number of carbonyl (C=O) groups is 2. The lowest BCUT2D eigenvalue weighted by Gasteiger charge is -2.27. The molecule has 2 heterocycles. The molecule has 2 amide bonds. The van der Waals surface area contributed by atoms with E-state index < -0.39 is 6.04 Å². The molecule has 35 heavy (non-hydrogen) atoms. The van der Waals surface area contributed by atoms with Crippen molar-refractivity contribution in [3.8, 4) is 0 Å². The van der Waals surface area contributed by atoms with Crippen molar-refractivity contribution in [1.29, 1.82) is 0 Å². The highest BCUT2D eigenvalue weighted by Gasteiger charge is 2.43. The molecule has 1 N–H and O–H groups in total. The Morgan fingerprint density at radius 2 is 1.69 bits per heavy atom. The van der Waals surface area contributed by atoms with Gasteiger partial charge in [-0.1, -0.05) is 91.5 Å². The fourth-order valence-corrected chi connectivity index (χ4v) is 5.26. The largest absolute Gasteiger partial charge is 0.355 e. The van der Waals surface area contributed by atoms with Gasteiger partial charge in [0.05, 0.1) is 10.9 Å². The van der Waals surface area contributed by atoms with E-state index in [0.717, 1.165) is 23.2 Å². The number of benzene rings is 3. The first-order chi connectivity index (χ1) is 17.2. The molecule has 176 valence electrons. The van der Waals surface area contributed by atoms with Crippen LogP contribution in [-0.4, -0.2) is 39.5 Å². The van der Waals surface area contributed by atoms with Crippen LogP contribution < -0.4 is 5.32 Å². The predicted octanol–water partition coefficient (Wildman–Crippen LogP) is 4.89. The molecule has 2 aliphatic rings. The fraction of sp³-hybridized carbons (Fsp3) is 0.214. The summed E-state index contributed by atoms with van der Waals surface area (Å²) in [5, 5.41) is 3.17. The minimum absolute atomic E-state index is 0.0558. The van der Waals surface area contributed by atoms with Gasteiger partial charge in [-0.3, -0.25) is 9.59 Å². The van der Waals surface area contributed by atoms with Gasteiger partial charge in [-0.15, -0.1) is 0 Å². The maximum atomic E-state index is 13.5. The highest BCUT2D eigenvalue weighted by molar-refractivity contribution is 8.15. The second-order valence-electron chi connectivity index (χ2n) is 8.39. The summed E-state index contributed by atoms with van der Waals surface area (Å²) in [5.74, 6) is 0.391. The molecule has 0 radical (unpaired) electrons. The van der Waals surface area contributed by atoms with Crippen molar-refractivity contribution in [2.45, 2.75) is 31.1 Å². The molecule has 2 aliphatic heterocycles. The maximum Gasteiger partial charge on any atom is 0.263 e. The van der Waals surface area contributed by atoms with Crippen LogP contribution in [0.1, 0.15) is 36.1 Å². The van der Waals surface area contributed by atoms with Crippen molar-refractivity contribution in [3.63, 3.8) is 0 Å². The molecule has 7 heteroatoms. The Labute approximate surface area is 209 Å². The Morgan fingerprint density at radius 1 is 1.00 bits per heavy atom. The smallest absolute Gasteiger partial charge is 0.263 e. The standard InChI is InChI=1S/C28H26N4O2S/c1-2-23(26(33)29-18-17-19-11-5-3-6-12-19)35-28-30-22-16-10-9-15-21(22)25-31-24(27(34)32(25)28)20-13-7-4-8-14-20/h3-16,23-24H,2,17-18H2,1H3,(H,29,33)/t23-,24-/m0/s1. The van der Waals surface area contributed by atoms with Crippen LogP contribution >= 0.6 is 11.8 Å². The zero-order valence-corrected chi connectivity index (χ0v) is 20.2. The Kier molecular flexibility index (Phi) is 6.77. The molecule has 0 bridgehead atoms. The number of aliphatic imine (C=N–C) groups is 2. The van der Waals surface area contributed by atoms with Crippen LogP contribution in [0.3, 0.4) is 0 Å². The van der Waals surface area contributed by atoms with Crippen molar-refractivity contribution in [1.82, 2.24) is 10.2 Å². The summed E-state index contributed by atoms with van der Waals surface area (Å²) in [6, 6.07) is 26.7. The number of para-hydroxylation sites is 1. The van der Waals surface area contributed by atoms with Gasteiger partial charge in [-0.05, 0) is 36.1 Å². The van der Waals surface area contributed by atoms with Crippen molar-refractivity contribution < 1.29 is 9.59 Å². The zero-order valence-electron chi connectivity index (χ0n) is 19.4. The van der Waals surface area contributed by atoms with E-state index in [0.29, 0.717) is 24.0 Å². The first-order valence-electron chi connectivity index (χ1n) is 11.8. The summed E-state index contributed by atoms with van der Waals surface area (Å²) in [6.07, 6.45) is 1.38. The minimum atomic E-state index is -0.622. The SMILES string of the molecule is CC[C@H](SC1=Nc2ccccc2C2=N[C@@H](c3ccccc3)C(=O)N12)C(=O)NCCc1ccccc1. The van der Waals surface area contributed by atoms with Crippen molar-refractivity contribution in [2.75, 3.05) is 6.54 Å². The van der Waals surface area contributed by atoms with Gasteiger partial charge in [0.1, 0.15) is 5.84 Å². The second-order valence-corrected chi connectivity index (χ2v) is 9.56. The van der Waals surface area contributed by atoms with E-state index >= 15 is 0 Å². The zero-order chi connectivity index (χ0) is 24.2. The Balaban J connectivity index is 1.37. The van der Waals surface area contributed by atoms with E-state index in [1.807, 2.05) is 79.7 Å². The summed E-state index contributed by atoms with van der Waals surface area (Å²) in [7, 11) is 0. The Bertz CT molecular complexity index is 1290. The van der Waals surface area contributed by atoms with Gasteiger partial charge in [-0.25, -0.2) is 14.9 Å². The molecule has 6 nitrogen and oxygen atoms in total. The first-order valence-corrected chi connectivity index (χ1v) is 12.7. The number of carbonyl (C=O) groups excluding carboxylic acids is 2. The third-order valence-electron chi connectivity index (χ3n) is 6.05. The van der Waals surface area contributed by atoms with Crippen molar-refractivity contribution >= 4 is 40.3 Å². The summed E-state index contributed by atoms with van der Waals surface area (Å²) < 4.78 is 0. The number of hydrogen-bond donors (Lipinski definition) is 1. The van der Waals surface area contributed by atoms with E-state index in [1.165, 1.54) is 17.3 Å². The normalized spacial score (nSPS) is 17.2. The number of amidine groups is 2. The van der Waals surface area contributed by atoms with Crippen molar-refractivity contribution in [2.24, 2.45) is 9.98 Å². The Morgan fingerprint density at radius 3 is 2.43 bits per heavy atom. The molecule has 0 aliphatic carbocycles. The number of fused-ring (bicyclic) bond motifs is 3. The number of nitrogens with one attached hydrogen (secondary N) is 1. The van der Waals surface area contributed by atoms with Gasteiger partial charge in [0.2, 0.25) is 5.91 Å². The molecule has 5 rings (SSSR count). The first kappa shape index (κ1) is 23.1. The second kappa shape index (κ2) is 10.3. The van der Waals surface area contributed by atoms with Gasteiger partial charge in [0, 0.05) is 12.1 Å². The third-order valence-corrected chi connectivity index (χ3v) is 7.37. The topological polar surface area (TPSA) is 74.1 Å². The van der Waals surface area contributed by atoms with E-state index in [4.69, 9.17) is 9.98 Å². The average Bonchev–Trinajstić information content (AvgIpc) is 3.26. The molecular formula is C28H26N4O2S. The van der Waals surface area contributed by atoms with Crippen LogP contribution in [0.5, 0.6) is 0 Å². The number of nitrogens with zero attached hydrogens (tertiary/aromatic N) is 3. The number of thioether (sulfide) groups is 1. The van der Waals surface area contributed by atoms with Crippen LogP contribution in [0.25, 0.3) is 0 Å². The molecule has 3 aromatic carbocycles. The predicted molar refractivity (Wildman–Crippen MR) is 141 cm³/mol. The lowest BCUT2D eigenvalue weighted by Crippen LogP contribution is -2.42. The number of rotatable bonds is 7. The molecule has 3 aromatic rings. The molecule has 0 unspecified atom stereocenters. The van der Waals surface area contributed by atoms with Crippen molar-refractivity contribution in [3.05, 3.63) is 102 Å². The molecule has 0 aromatic heterocycles. The van der Waals surface area contributed by atoms with Gasteiger partial charge in [0.15, 0.2) is 11.2 Å². The molecule has 0 fully saturated rings. The summed E-state index contributed by atoms with van der Waals surface area (Å²) >= 11 is 1.32. The van der Waals surface area contributed by atoms with Gasteiger partial charge >= 0.3 is 0 Å². The highest BCUT2D eigenvalue weighted by Crippen LogP contribution is 2.38. The van der Waals surface area contributed by atoms with Crippen LogP contribution in [0, 0.1) is 0 Å². The van der Waals surface area contributed by atoms with Crippen LogP contribution in [0.4, 0.5) is 5.69 Å². The van der Waals surface area contributed by atoms with E-state index in [9.17, 15) is 9.59 Å². The minimum Gasteiger partial charge on any atom is -0.355 e. The maximum absolute atomic E-state index is 13.5. The summed E-state index contributed by atoms with van der Waals surface area (Å²) in [4.78, 5) is 37.8. The lowest BCUT2D eigenvalue weighted by molar-refractivity contribution is -0.125. The monoisotopic (exact) mass is 482 g/mol. The summed E-state index contributed by atoms with van der Waals surface area (Å²) in [6.45, 7) is 2.53. The molecular weight excluding hydrogens is 456 g/mol. The average molecular weight is 483 g/mol. The van der Waals surface area contributed by atoms with Gasteiger partial charge in [-0.2, -0.15) is 0 Å². The van der Waals surface area contributed by atoms with Gasteiger partial charge in [0.25, 0.3) is 5.91 Å². The van der Waals surface area contributed by atoms with E-state index in [1.54, 1.807) is 4.90 Å². The number of amides is 2. The van der Waals surface area contributed by atoms with Crippen LogP contribution in [0.2, 0.25) is 0 Å². The Hall–Kier alpha value is -3.71. The molecule has 0 saturated carbocycles. The quantitative estimate of drug-likeness (QED) is 0.521. The van der Waals surface area contributed by atoms with Gasteiger partial charge < -0.3 is 5.32 Å². The third kappa shape index (κ3) is 4.77. The fourth-order valence-electron chi connectivity index (χ4n) is 4.22. The molecule has 0 saturated heterocycles. The summed E-state index contributed by atoms with van der Waals surface area (Å²) in [5.41, 5.74) is 3.60. The van der Waals surface area contributed by atoms with E-state index in [-0.39, 0.29) is 17.1 Å². The highest BCUT2D eigenvalue weighted by atomic mass is 32.2. The lowest BCUT2D eigenvalue weighted by atomic mass is 10.1.